The van der Waals surface area contributed by atoms with Crippen LogP contribution < -0.4 is 0 Å². The molecule has 6 nitrogen and oxygen atoms in total. The highest BCUT2D eigenvalue weighted by atomic mass is 35.5. The van der Waals surface area contributed by atoms with Crippen molar-refractivity contribution in [2.45, 2.75) is 12.7 Å². The van der Waals surface area contributed by atoms with Crippen molar-refractivity contribution >= 4 is 51.5 Å². The van der Waals surface area contributed by atoms with Crippen molar-refractivity contribution < 1.29 is 22.4 Å². The van der Waals surface area contributed by atoms with Crippen molar-refractivity contribution in [3.63, 3.8) is 0 Å². The van der Waals surface area contributed by atoms with Gasteiger partial charge in [-0.15, -0.1) is 10.2 Å². The fourth-order valence-electron chi connectivity index (χ4n) is 3.85. The van der Waals surface area contributed by atoms with E-state index >= 15 is 0 Å². The number of ketones is 1. The summed E-state index contributed by atoms with van der Waals surface area (Å²) in [5.41, 5.74) is -1.11. The molecule has 3 aromatic heterocycles. The normalized spacial score (nSPS) is 11.8. The fourth-order valence-corrected chi connectivity index (χ4v) is 4.49. The Morgan fingerprint density at radius 3 is 2.42 bits per heavy atom. The van der Waals surface area contributed by atoms with Crippen molar-refractivity contribution in [1.29, 1.82) is 0 Å². The highest BCUT2D eigenvalue weighted by molar-refractivity contribution is 6.35. The van der Waals surface area contributed by atoms with Gasteiger partial charge in [-0.3, -0.25) is 9.78 Å². The van der Waals surface area contributed by atoms with Gasteiger partial charge in [-0.2, -0.15) is 13.2 Å². The summed E-state index contributed by atoms with van der Waals surface area (Å²) < 4.78 is 49.9. The molecule has 12 heteroatoms. The lowest BCUT2D eigenvalue weighted by atomic mass is 10.1. The molecule has 0 spiro atoms. The smallest absolute Gasteiger partial charge is 0.412 e. The van der Waals surface area contributed by atoms with Crippen molar-refractivity contribution in [2.24, 2.45) is 0 Å². The van der Waals surface area contributed by atoms with Crippen LogP contribution in [0.4, 0.5) is 13.2 Å². The molecule has 5 aromatic rings. The third kappa shape index (κ3) is 4.45. The zero-order chi connectivity index (χ0) is 25.6. The Balaban J connectivity index is 1.71. The maximum atomic E-state index is 14.5. The van der Waals surface area contributed by atoms with Gasteiger partial charge in [0.25, 0.3) is 17.6 Å². The number of fused-ring (bicyclic) bond motifs is 1. The molecular weight excluding hydrogens is 540 g/mol. The molecule has 0 saturated heterocycles. The van der Waals surface area contributed by atoms with Crippen LogP contribution in [-0.2, 0) is 12.7 Å². The summed E-state index contributed by atoms with van der Waals surface area (Å²) in [6.07, 6.45) is -3.46. The lowest BCUT2D eigenvalue weighted by Crippen LogP contribution is -2.19. The molecular formula is C24H12Cl3F3N4O2. The average Bonchev–Trinajstić information content (AvgIpc) is 3.44. The quantitative estimate of drug-likeness (QED) is 0.214. The zero-order valence-corrected chi connectivity index (χ0v) is 20.1. The maximum absolute atomic E-state index is 14.5. The Kier molecular flexibility index (Phi) is 6.23. The van der Waals surface area contributed by atoms with Gasteiger partial charge < -0.3 is 8.98 Å². The van der Waals surface area contributed by atoms with Crippen LogP contribution in [0.15, 0.2) is 65.2 Å². The Morgan fingerprint density at radius 2 is 1.72 bits per heavy atom. The number of hydrogen-bond donors (Lipinski definition) is 0. The van der Waals surface area contributed by atoms with Gasteiger partial charge in [0.1, 0.15) is 11.4 Å². The molecule has 36 heavy (non-hydrogen) atoms. The van der Waals surface area contributed by atoms with Crippen LogP contribution in [0.25, 0.3) is 22.5 Å². The molecule has 2 aromatic carbocycles. The van der Waals surface area contributed by atoms with Gasteiger partial charge in [-0.1, -0.05) is 46.9 Å². The lowest BCUT2D eigenvalue weighted by Gasteiger charge is -2.15. The van der Waals surface area contributed by atoms with Crippen LogP contribution in [0.2, 0.25) is 15.1 Å². The number of carbonyl (C=O) groups is 1. The summed E-state index contributed by atoms with van der Waals surface area (Å²) in [5.74, 6) is -1.84. The number of nitrogens with zero attached hydrogens (tertiary/aromatic N) is 4. The lowest BCUT2D eigenvalue weighted by molar-refractivity contribution is -0.143. The van der Waals surface area contributed by atoms with E-state index in [-0.39, 0.29) is 39.1 Å². The van der Waals surface area contributed by atoms with Gasteiger partial charge >= 0.3 is 6.18 Å². The molecule has 0 bridgehead atoms. The van der Waals surface area contributed by atoms with E-state index in [1.54, 1.807) is 18.2 Å². The van der Waals surface area contributed by atoms with Crippen LogP contribution in [-0.4, -0.2) is 25.5 Å². The van der Waals surface area contributed by atoms with E-state index < -0.39 is 29.1 Å². The predicted molar refractivity (Wildman–Crippen MR) is 128 cm³/mol. The van der Waals surface area contributed by atoms with Gasteiger partial charge in [0.05, 0.1) is 5.56 Å². The van der Waals surface area contributed by atoms with E-state index in [0.29, 0.717) is 10.6 Å². The van der Waals surface area contributed by atoms with E-state index in [1.165, 1.54) is 42.6 Å². The molecule has 0 saturated carbocycles. The first-order valence-corrected chi connectivity index (χ1v) is 11.4. The van der Waals surface area contributed by atoms with Gasteiger partial charge in [-0.25, -0.2) is 0 Å². The Labute approximate surface area is 216 Å². The largest absolute Gasteiger partial charge is 0.432 e. The summed E-state index contributed by atoms with van der Waals surface area (Å²) in [6.45, 7) is -0.292. The summed E-state index contributed by atoms with van der Waals surface area (Å²) in [5, 5.41) is 8.09. The standard InChI is InChI=1S/C24H12Cl3F3N4O2/c25-13-6-7-18-15(9-13)19(20(35)23-33-32-22(36-23)17-3-1-2-8-31-17)21(24(28,29)30)34(18)11-12-4-5-14(26)10-16(12)27/h1-10H,11H2. The first-order valence-electron chi connectivity index (χ1n) is 10.3. The second-order valence-electron chi connectivity index (χ2n) is 7.66. The zero-order valence-electron chi connectivity index (χ0n) is 17.9. The SMILES string of the molecule is O=C(c1nnc(-c2ccccn2)o1)c1c(C(F)(F)F)n(Cc2ccc(Cl)cc2Cl)c2ccc(Cl)cc12. The Hall–Kier alpha value is -3.40. The molecule has 0 fully saturated rings. The molecule has 0 amide bonds. The van der Waals surface area contributed by atoms with Crippen molar-refractivity contribution in [3.8, 4) is 11.6 Å². The number of rotatable bonds is 5. The second kappa shape index (κ2) is 9.24. The van der Waals surface area contributed by atoms with E-state index in [1.807, 2.05) is 0 Å². The topological polar surface area (TPSA) is 73.8 Å². The van der Waals surface area contributed by atoms with Gasteiger partial charge in [0.15, 0.2) is 0 Å². The number of alkyl halides is 3. The van der Waals surface area contributed by atoms with E-state index in [2.05, 4.69) is 15.2 Å². The van der Waals surface area contributed by atoms with Crippen molar-refractivity contribution in [1.82, 2.24) is 19.7 Å². The van der Waals surface area contributed by atoms with Crippen LogP contribution >= 0.6 is 34.8 Å². The molecule has 0 aliphatic carbocycles. The molecule has 3 heterocycles. The van der Waals surface area contributed by atoms with E-state index in [0.717, 1.165) is 4.57 Å². The molecule has 0 aliphatic heterocycles. The van der Waals surface area contributed by atoms with E-state index in [4.69, 9.17) is 39.2 Å². The number of pyridine rings is 1. The molecule has 0 radical (unpaired) electrons. The summed E-state index contributed by atoms with van der Waals surface area (Å²) in [7, 11) is 0. The number of carbonyl (C=O) groups excluding carboxylic acids is 1. The number of halogens is 6. The summed E-state index contributed by atoms with van der Waals surface area (Å²) >= 11 is 18.3. The minimum absolute atomic E-state index is 0.0255. The van der Waals surface area contributed by atoms with Crippen LogP contribution in [0.5, 0.6) is 0 Å². The van der Waals surface area contributed by atoms with Gasteiger partial charge in [0, 0.05) is 38.7 Å². The van der Waals surface area contributed by atoms with Crippen LogP contribution in [0.3, 0.4) is 0 Å². The highest BCUT2D eigenvalue weighted by Gasteiger charge is 2.42. The second-order valence-corrected chi connectivity index (χ2v) is 8.94. The van der Waals surface area contributed by atoms with Gasteiger partial charge in [-0.05, 0) is 48.0 Å². The monoisotopic (exact) mass is 550 g/mol. The average molecular weight is 552 g/mol. The molecule has 0 atom stereocenters. The number of hydrogen-bond acceptors (Lipinski definition) is 5. The summed E-state index contributed by atoms with van der Waals surface area (Å²) in [4.78, 5) is 17.5. The molecule has 0 N–H and O–H groups in total. The van der Waals surface area contributed by atoms with Crippen molar-refractivity contribution in [2.75, 3.05) is 0 Å². The number of aromatic nitrogens is 4. The Morgan fingerprint density at radius 1 is 0.972 bits per heavy atom. The maximum Gasteiger partial charge on any atom is 0.432 e. The third-order valence-corrected chi connectivity index (χ3v) is 6.19. The molecule has 182 valence electrons. The van der Waals surface area contributed by atoms with E-state index in [9.17, 15) is 18.0 Å². The predicted octanol–water partition coefficient (Wildman–Crippen LogP) is 7.34. The molecule has 5 rings (SSSR count). The highest BCUT2D eigenvalue weighted by Crippen LogP contribution is 2.41. The fraction of sp³-hybridized carbons (Fsp3) is 0.0833. The Bertz CT molecular complexity index is 1610. The number of benzene rings is 2. The van der Waals surface area contributed by atoms with Crippen molar-refractivity contribution in [3.05, 3.63) is 98.6 Å². The summed E-state index contributed by atoms with van der Waals surface area (Å²) in [6, 6.07) is 13.5. The molecule has 0 aliphatic rings. The minimum Gasteiger partial charge on any atom is -0.412 e. The first kappa shape index (κ1) is 24.3. The van der Waals surface area contributed by atoms with Gasteiger partial charge in [0.2, 0.25) is 0 Å². The molecule has 0 unspecified atom stereocenters. The first-order chi connectivity index (χ1) is 17.1. The minimum atomic E-state index is -4.93. The third-order valence-electron chi connectivity index (χ3n) is 5.37. The van der Waals surface area contributed by atoms with Crippen LogP contribution in [0.1, 0.15) is 27.5 Å². The van der Waals surface area contributed by atoms with Crippen LogP contribution in [0, 0.1) is 0 Å².